The van der Waals surface area contributed by atoms with Gasteiger partial charge in [0.1, 0.15) is 5.65 Å². The Hall–Kier alpha value is -3.48. The van der Waals surface area contributed by atoms with E-state index < -0.39 is 0 Å². The lowest BCUT2D eigenvalue weighted by molar-refractivity contribution is 0.0950. The van der Waals surface area contributed by atoms with Crippen molar-refractivity contribution in [1.29, 1.82) is 0 Å². The second kappa shape index (κ2) is 6.68. The molecule has 0 aromatic carbocycles. The van der Waals surface area contributed by atoms with Crippen LogP contribution in [0.1, 0.15) is 33.1 Å². The van der Waals surface area contributed by atoms with Crippen molar-refractivity contribution in [3.8, 4) is 5.82 Å². The second-order valence-electron chi connectivity index (χ2n) is 6.55. The normalized spacial score (nSPS) is 11.1. The summed E-state index contributed by atoms with van der Waals surface area (Å²) in [6, 6.07) is 11.5. The van der Waals surface area contributed by atoms with Gasteiger partial charge in [-0.1, -0.05) is 6.07 Å². The smallest absolute Gasteiger partial charge is 0.253 e. The molecule has 0 atom stereocenters. The lowest BCUT2D eigenvalue weighted by Gasteiger charge is -2.06. The maximum atomic E-state index is 12.4. The van der Waals surface area contributed by atoms with Gasteiger partial charge in [-0.15, -0.1) is 0 Å². The fourth-order valence-electron chi connectivity index (χ4n) is 3.06. The molecule has 27 heavy (non-hydrogen) atoms. The molecule has 0 fully saturated rings. The van der Waals surface area contributed by atoms with Crippen molar-refractivity contribution in [2.45, 2.75) is 27.3 Å². The van der Waals surface area contributed by atoms with Crippen LogP contribution < -0.4 is 5.32 Å². The number of aryl methyl sites for hydroxylation is 3. The minimum Gasteiger partial charge on any atom is -0.346 e. The number of hydrogen-bond donors (Lipinski definition) is 1. The Kier molecular flexibility index (Phi) is 4.19. The molecule has 1 amide bonds. The molecule has 0 spiro atoms. The van der Waals surface area contributed by atoms with Crippen molar-refractivity contribution in [2.75, 3.05) is 0 Å². The summed E-state index contributed by atoms with van der Waals surface area (Å²) in [6.45, 7) is 6.29. The summed E-state index contributed by atoms with van der Waals surface area (Å²) in [7, 11) is 0. The average Bonchev–Trinajstić information content (AvgIpc) is 3.23. The number of fused-ring (bicyclic) bond motifs is 1. The first kappa shape index (κ1) is 17.0. The third-order valence-corrected chi connectivity index (χ3v) is 4.41. The third kappa shape index (κ3) is 3.31. The Balaban J connectivity index is 1.46. The molecule has 0 unspecified atom stereocenters. The van der Waals surface area contributed by atoms with Gasteiger partial charge in [0.25, 0.3) is 5.91 Å². The zero-order valence-electron chi connectivity index (χ0n) is 15.5. The molecule has 0 saturated carbocycles. The molecule has 0 saturated heterocycles. The largest absolute Gasteiger partial charge is 0.346 e. The SMILES string of the molecule is Cc1cc(C)n(-c2ccc(C(=O)NCc3cn4c(C)cccc4n3)cn2)n1. The highest BCUT2D eigenvalue weighted by molar-refractivity contribution is 5.93. The predicted octanol–water partition coefficient (Wildman–Crippen LogP) is 2.77. The number of aromatic nitrogens is 5. The molecule has 136 valence electrons. The Morgan fingerprint density at radius 1 is 1.11 bits per heavy atom. The number of amides is 1. The summed E-state index contributed by atoms with van der Waals surface area (Å²) in [5.74, 6) is 0.504. The quantitative estimate of drug-likeness (QED) is 0.607. The van der Waals surface area contributed by atoms with Gasteiger partial charge in [-0.25, -0.2) is 14.6 Å². The van der Waals surface area contributed by atoms with Crippen LogP contribution in [0.4, 0.5) is 0 Å². The molecule has 0 radical (unpaired) electrons. The van der Waals surface area contributed by atoms with Crippen molar-refractivity contribution in [3.05, 3.63) is 77.1 Å². The molecule has 7 heteroatoms. The number of pyridine rings is 2. The maximum Gasteiger partial charge on any atom is 0.253 e. The van der Waals surface area contributed by atoms with E-state index in [1.807, 2.05) is 55.6 Å². The van der Waals surface area contributed by atoms with Gasteiger partial charge in [0.2, 0.25) is 0 Å². The Labute approximate surface area is 156 Å². The van der Waals surface area contributed by atoms with E-state index >= 15 is 0 Å². The zero-order chi connectivity index (χ0) is 19.0. The Morgan fingerprint density at radius 3 is 2.63 bits per heavy atom. The van der Waals surface area contributed by atoms with Gasteiger partial charge in [-0.05, 0) is 51.1 Å². The highest BCUT2D eigenvalue weighted by atomic mass is 16.1. The van der Waals surface area contributed by atoms with Crippen LogP contribution in [-0.2, 0) is 6.54 Å². The minimum absolute atomic E-state index is 0.184. The van der Waals surface area contributed by atoms with Gasteiger partial charge in [0.15, 0.2) is 5.82 Å². The first-order chi connectivity index (χ1) is 13.0. The summed E-state index contributed by atoms with van der Waals surface area (Å²) < 4.78 is 3.77. The fourth-order valence-corrected chi connectivity index (χ4v) is 3.06. The first-order valence-corrected chi connectivity index (χ1v) is 8.73. The number of nitrogens with zero attached hydrogens (tertiary/aromatic N) is 5. The summed E-state index contributed by atoms with van der Waals surface area (Å²) in [6.07, 6.45) is 3.50. The predicted molar refractivity (Wildman–Crippen MR) is 102 cm³/mol. The van der Waals surface area contributed by atoms with Crippen LogP contribution >= 0.6 is 0 Å². The maximum absolute atomic E-state index is 12.4. The second-order valence-corrected chi connectivity index (χ2v) is 6.55. The first-order valence-electron chi connectivity index (χ1n) is 8.73. The van der Waals surface area contributed by atoms with Gasteiger partial charge in [0, 0.05) is 23.8 Å². The number of hydrogen-bond acceptors (Lipinski definition) is 4. The van der Waals surface area contributed by atoms with E-state index in [0.29, 0.717) is 17.9 Å². The van der Waals surface area contributed by atoms with Crippen LogP contribution in [0, 0.1) is 20.8 Å². The fraction of sp³-hybridized carbons (Fsp3) is 0.200. The highest BCUT2D eigenvalue weighted by Gasteiger charge is 2.10. The van der Waals surface area contributed by atoms with Crippen LogP contribution in [0.15, 0.2) is 48.8 Å². The van der Waals surface area contributed by atoms with E-state index in [4.69, 9.17) is 0 Å². The van der Waals surface area contributed by atoms with Gasteiger partial charge >= 0.3 is 0 Å². The van der Waals surface area contributed by atoms with Gasteiger partial charge in [-0.2, -0.15) is 5.10 Å². The molecule has 0 bridgehead atoms. The molecule has 0 aliphatic carbocycles. The van der Waals surface area contributed by atoms with Crippen molar-refractivity contribution in [2.24, 2.45) is 0 Å². The Bertz CT molecular complexity index is 1120. The molecule has 7 nitrogen and oxygen atoms in total. The highest BCUT2D eigenvalue weighted by Crippen LogP contribution is 2.11. The van der Waals surface area contributed by atoms with Crippen molar-refractivity contribution in [1.82, 2.24) is 29.5 Å². The lowest BCUT2D eigenvalue weighted by atomic mass is 10.2. The van der Waals surface area contributed by atoms with E-state index in [-0.39, 0.29) is 5.91 Å². The van der Waals surface area contributed by atoms with Crippen LogP contribution in [0.25, 0.3) is 11.5 Å². The zero-order valence-corrected chi connectivity index (χ0v) is 15.5. The van der Waals surface area contributed by atoms with Crippen LogP contribution in [0.5, 0.6) is 0 Å². The monoisotopic (exact) mass is 360 g/mol. The van der Waals surface area contributed by atoms with Gasteiger partial charge in [0.05, 0.1) is 23.5 Å². The molecule has 0 aliphatic rings. The molecule has 4 rings (SSSR count). The minimum atomic E-state index is -0.184. The van der Waals surface area contributed by atoms with Crippen molar-refractivity contribution < 1.29 is 4.79 Å². The number of nitrogens with one attached hydrogen (secondary N) is 1. The standard InChI is InChI=1S/C20H20N6O/c1-13-9-15(3)26(24-13)18-8-7-16(10-21-18)20(27)22-11-17-12-25-14(2)5-4-6-19(25)23-17/h4-10,12H,11H2,1-3H3,(H,22,27). The molecular weight excluding hydrogens is 340 g/mol. The van der Waals surface area contributed by atoms with E-state index in [0.717, 1.165) is 28.4 Å². The van der Waals surface area contributed by atoms with Gasteiger partial charge in [-0.3, -0.25) is 4.79 Å². The van der Waals surface area contributed by atoms with Crippen molar-refractivity contribution in [3.63, 3.8) is 0 Å². The van der Waals surface area contributed by atoms with Crippen molar-refractivity contribution >= 4 is 11.6 Å². The summed E-state index contributed by atoms with van der Waals surface area (Å²) in [5.41, 5.74) is 5.21. The van der Waals surface area contributed by atoms with Crippen LogP contribution in [0.2, 0.25) is 0 Å². The topological polar surface area (TPSA) is 77.1 Å². The number of rotatable bonds is 4. The van der Waals surface area contributed by atoms with Crippen LogP contribution in [0.3, 0.4) is 0 Å². The molecule has 4 heterocycles. The molecule has 4 aromatic heterocycles. The van der Waals surface area contributed by atoms with E-state index in [2.05, 4.69) is 20.4 Å². The number of imidazole rings is 1. The summed E-state index contributed by atoms with van der Waals surface area (Å²) >= 11 is 0. The third-order valence-electron chi connectivity index (χ3n) is 4.41. The summed E-state index contributed by atoms with van der Waals surface area (Å²) in [4.78, 5) is 21.3. The summed E-state index contributed by atoms with van der Waals surface area (Å²) in [5, 5.41) is 7.30. The number of carbonyl (C=O) groups is 1. The average molecular weight is 360 g/mol. The molecule has 4 aromatic rings. The van der Waals surface area contributed by atoms with E-state index in [9.17, 15) is 4.79 Å². The molecular formula is C20H20N6O. The molecule has 0 aliphatic heterocycles. The molecule has 1 N–H and O–H groups in total. The Morgan fingerprint density at radius 2 is 1.96 bits per heavy atom. The van der Waals surface area contributed by atoms with E-state index in [1.54, 1.807) is 23.0 Å². The van der Waals surface area contributed by atoms with Gasteiger partial charge < -0.3 is 9.72 Å². The van der Waals surface area contributed by atoms with Crippen LogP contribution in [-0.4, -0.2) is 30.1 Å². The lowest BCUT2D eigenvalue weighted by Crippen LogP contribution is -2.23. The van der Waals surface area contributed by atoms with E-state index in [1.165, 1.54) is 0 Å². The number of carbonyl (C=O) groups excluding carboxylic acids is 1.